The second kappa shape index (κ2) is 10.8. The van der Waals surface area contributed by atoms with Gasteiger partial charge in [-0.15, -0.1) is 24.0 Å². The van der Waals surface area contributed by atoms with Gasteiger partial charge in [0, 0.05) is 19.6 Å². The number of hydrogen-bond acceptors (Lipinski definition) is 3. The largest absolute Gasteiger partial charge is 0.493 e. The molecule has 0 aromatic heterocycles. The zero-order valence-corrected chi connectivity index (χ0v) is 17.2. The SMILES string of the molecule is CCNC(=NCc1ccc(OCC(C)C)cc1)N1CC[C@@H](O)C1.I. The third kappa shape index (κ3) is 6.84. The van der Waals surface area contributed by atoms with Crippen molar-refractivity contribution in [2.24, 2.45) is 10.9 Å². The van der Waals surface area contributed by atoms with E-state index in [-0.39, 0.29) is 30.1 Å². The van der Waals surface area contributed by atoms with Crippen LogP contribution in [0.4, 0.5) is 0 Å². The van der Waals surface area contributed by atoms with Gasteiger partial charge in [-0.3, -0.25) is 0 Å². The number of aliphatic hydroxyl groups is 1. The molecule has 1 aromatic carbocycles. The van der Waals surface area contributed by atoms with Crippen LogP contribution in [0.25, 0.3) is 0 Å². The molecular weight excluding hydrogens is 417 g/mol. The van der Waals surface area contributed by atoms with Crippen LogP contribution in [0.3, 0.4) is 0 Å². The number of guanidine groups is 1. The summed E-state index contributed by atoms with van der Waals surface area (Å²) in [5.74, 6) is 2.31. The van der Waals surface area contributed by atoms with E-state index in [1.54, 1.807) is 0 Å². The summed E-state index contributed by atoms with van der Waals surface area (Å²) in [6, 6.07) is 8.11. The van der Waals surface area contributed by atoms with Gasteiger partial charge in [0.25, 0.3) is 0 Å². The lowest BCUT2D eigenvalue weighted by molar-refractivity contribution is 0.188. The normalized spacial score (nSPS) is 17.8. The summed E-state index contributed by atoms with van der Waals surface area (Å²) in [7, 11) is 0. The maximum Gasteiger partial charge on any atom is 0.194 e. The zero-order chi connectivity index (χ0) is 16.7. The van der Waals surface area contributed by atoms with E-state index in [0.717, 1.165) is 43.4 Å². The number of rotatable bonds is 6. The lowest BCUT2D eigenvalue weighted by Gasteiger charge is -2.20. The Kier molecular flexibility index (Phi) is 9.43. The number of nitrogens with one attached hydrogen (secondary N) is 1. The molecule has 1 aliphatic heterocycles. The average Bonchev–Trinajstić information content (AvgIpc) is 2.96. The van der Waals surface area contributed by atoms with E-state index in [0.29, 0.717) is 19.0 Å². The summed E-state index contributed by atoms with van der Waals surface area (Å²) in [5, 5.41) is 13.0. The molecule has 1 saturated heterocycles. The van der Waals surface area contributed by atoms with Crippen molar-refractivity contribution in [3.63, 3.8) is 0 Å². The number of aliphatic imine (C=N–C) groups is 1. The Bertz CT molecular complexity index is 505. The molecule has 6 heteroatoms. The number of benzene rings is 1. The molecule has 0 bridgehead atoms. The summed E-state index contributed by atoms with van der Waals surface area (Å²) in [6.07, 6.45) is 0.572. The van der Waals surface area contributed by atoms with Gasteiger partial charge in [0.15, 0.2) is 5.96 Å². The topological polar surface area (TPSA) is 57.1 Å². The van der Waals surface area contributed by atoms with Gasteiger partial charge >= 0.3 is 0 Å². The van der Waals surface area contributed by atoms with Crippen LogP contribution in [-0.4, -0.2) is 48.3 Å². The minimum atomic E-state index is -0.240. The van der Waals surface area contributed by atoms with Gasteiger partial charge in [-0.25, -0.2) is 4.99 Å². The predicted molar refractivity (Wildman–Crippen MR) is 109 cm³/mol. The molecule has 1 atom stereocenters. The Balaban J connectivity index is 0.00000288. The molecule has 0 unspecified atom stereocenters. The highest BCUT2D eigenvalue weighted by atomic mass is 127. The van der Waals surface area contributed by atoms with Gasteiger partial charge in [0.2, 0.25) is 0 Å². The number of β-amino-alcohol motifs (C(OH)–C–C–N with tert-alkyl or cyclic N) is 1. The smallest absolute Gasteiger partial charge is 0.194 e. The summed E-state index contributed by atoms with van der Waals surface area (Å²) in [5.41, 5.74) is 1.15. The van der Waals surface area contributed by atoms with E-state index in [2.05, 4.69) is 48.1 Å². The average molecular weight is 447 g/mol. The lowest BCUT2D eigenvalue weighted by Crippen LogP contribution is -2.40. The predicted octanol–water partition coefficient (Wildman–Crippen LogP) is 2.87. The monoisotopic (exact) mass is 447 g/mol. The van der Waals surface area contributed by atoms with E-state index < -0.39 is 0 Å². The number of nitrogens with zero attached hydrogens (tertiary/aromatic N) is 2. The van der Waals surface area contributed by atoms with Crippen LogP contribution >= 0.6 is 24.0 Å². The first-order valence-electron chi connectivity index (χ1n) is 8.51. The van der Waals surface area contributed by atoms with Gasteiger partial charge in [-0.2, -0.15) is 0 Å². The number of aliphatic hydroxyl groups excluding tert-OH is 1. The van der Waals surface area contributed by atoms with Crippen LogP contribution in [0.2, 0.25) is 0 Å². The number of hydrogen-bond donors (Lipinski definition) is 2. The molecule has 1 aromatic rings. The fourth-order valence-electron chi connectivity index (χ4n) is 2.48. The molecule has 136 valence electrons. The summed E-state index contributed by atoms with van der Waals surface area (Å²) in [4.78, 5) is 6.80. The molecule has 1 fully saturated rings. The molecule has 24 heavy (non-hydrogen) atoms. The van der Waals surface area contributed by atoms with Crippen molar-refractivity contribution in [3.8, 4) is 5.75 Å². The van der Waals surface area contributed by atoms with Crippen molar-refractivity contribution in [1.82, 2.24) is 10.2 Å². The van der Waals surface area contributed by atoms with Crippen molar-refractivity contribution < 1.29 is 9.84 Å². The number of likely N-dealkylation sites (tertiary alicyclic amines) is 1. The third-order valence-corrected chi connectivity index (χ3v) is 3.72. The second-order valence-electron chi connectivity index (χ2n) is 6.41. The Labute approximate surface area is 162 Å². The first-order valence-corrected chi connectivity index (χ1v) is 8.51. The molecule has 0 spiro atoms. The van der Waals surface area contributed by atoms with E-state index in [1.807, 2.05) is 12.1 Å². The molecule has 2 N–H and O–H groups in total. The maximum absolute atomic E-state index is 9.68. The van der Waals surface area contributed by atoms with Crippen molar-refractivity contribution in [2.45, 2.75) is 39.8 Å². The highest BCUT2D eigenvalue weighted by Gasteiger charge is 2.22. The van der Waals surface area contributed by atoms with E-state index in [9.17, 15) is 5.11 Å². The zero-order valence-electron chi connectivity index (χ0n) is 14.9. The molecule has 0 saturated carbocycles. The van der Waals surface area contributed by atoms with Gasteiger partial charge < -0.3 is 20.1 Å². The van der Waals surface area contributed by atoms with Crippen LogP contribution in [0, 0.1) is 5.92 Å². The van der Waals surface area contributed by atoms with E-state index >= 15 is 0 Å². The van der Waals surface area contributed by atoms with Gasteiger partial charge in [0.1, 0.15) is 5.75 Å². The summed E-state index contributed by atoms with van der Waals surface area (Å²) in [6.45, 7) is 10.0. The van der Waals surface area contributed by atoms with E-state index in [4.69, 9.17) is 4.74 Å². The molecule has 0 amide bonds. The number of halogens is 1. The van der Waals surface area contributed by atoms with Crippen LogP contribution in [-0.2, 0) is 6.54 Å². The molecule has 0 radical (unpaired) electrons. The minimum Gasteiger partial charge on any atom is -0.493 e. The first kappa shape index (κ1) is 21.0. The van der Waals surface area contributed by atoms with Gasteiger partial charge in [0.05, 0.1) is 19.3 Å². The fraction of sp³-hybridized carbons (Fsp3) is 0.611. The molecular formula is C18H30IN3O2. The number of ether oxygens (including phenoxy) is 1. The van der Waals surface area contributed by atoms with Crippen molar-refractivity contribution in [2.75, 3.05) is 26.2 Å². The quantitative estimate of drug-likeness (QED) is 0.400. The summed E-state index contributed by atoms with van der Waals surface area (Å²) >= 11 is 0. The maximum atomic E-state index is 9.68. The molecule has 0 aliphatic carbocycles. The molecule has 1 aliphatic rings. The Morgan fingerprint density at radius 2 is 2.08 bits per heavy atom. The fourth-order valence-corrected chi connectivity index (χ4v) is 2.48. The van der Waals surface area contributed by atoms with Crippen LogP contribution in [0.1, 0.15) is 32.8 Å². The Hall–Kier alpha value is -1.02. The molecule has 1 heterocycles. The molecule has 2 rings (SSSR count). The third-order valence-electron chi connectivity index (χ3n) is 3.72. The van der Waals surface area contributed by atoms with Crippen LogP contribution in [0.5, 0.6) is 5.75 Å². The standard InChI is InChI=1S/C18H29N3O2.HI/c1-4-19-18(21-10-9-16(22)12-21)20-11-15-5-7-17(8-6-15)23-13-14(2)3;/h5-8,14,16,22H,4,9-13H2,1-3H3,(H,19,20);1H/t16-;/m1./s1. The molecule has 5 nitrogen and oxygen atoms in total. The highest BCUT2D eigenvalue weighted by Crippen LogP contribution is 2.14. The van der Waals surface area contributed by atoms with Crippen molar-refractivity contribution in [3.05, 3.63) is 29.8 Å². The van der Waals surface area contributed by atoms with Gasteiger partial charge in [-0.05, 0) is 37.0 Å². The second-order valence-corrected chi connectivity index (χ2v) is 6.41. The first-order chi connectivity index (χ1) is 11.1. The highest BCUT2D eigenvalue weighted by molar-refractivity contribution is 14.0. The lowest BCUT2D eigenvalue weighted by atomic mass is 10.2. The Morgan fingerprint density at radius 3 is 2.62 bits per heavy atom. The van der Waals surface area contributed by atoms with Gasteiger partial charge in [-0.1, -0.05) is 26.0 Å². The minimum absolute atomic E-state index is 0. The summed E-state index contributed by atoms with van der Waals surface area (Å²) < 4.78 is 5.70. The van der Waals surface area contributed by atoms with Crippen molar-refractivity contribution in [1.29, 1.82) is 0 Å². The van der Waals surface area contributed by atoms with Crippen molar-refractivity contribution >= 4 is 29.9 Å². The Morgan fingerprint density at radius 1 is 1.38 bits per heavy atom. The van der Waals surface area contributed by atoms with E-state index in [1.165, 1.54) is 0 Å². The van der Waals surface area contributed by atoms with Crippen LogP contribution < -0.4 is 10.1 Å². The van der Waals surface area contributed by atoms with Crippen LogP contribution in [0.15, 0.2) is 29.3 Å².